The summed E-state index contributed by atoms with van der Waals surface area (Å²) in [4.78, 5) is 38.2. The van der Waals surface area contributed by atoms with Crippen LogP contribution in [-0.4, -0.2) is 35.5 Å². The number of hydrogen-bond donors (Lipinski definition) is 3. The molecule has 4 amide bonds. The fourth-order valence-electron chi connectivity index (χ4n) is 2.05. The lowest BCUT2D eigenvalue weighted by Crippen LogP contribution is -2.31. The zero-order valence-corrected chi connectivity index (χ0v) is 12.2. The minimum atomic E-state index is -0.643. The normalized spacial score (nSPS) is 16.9. The topological polar surface area (TPSA) is 109 Å². The summed E-state index contributed by atoms with van der Waals surface area (Å²) >= 11 is 0. The molecule has 2 heterocycles. The lowest BCUT2D eigenvalue weighted by Gasteiger charge is -2.10. The van der Waals surface area contributed by atoms with Gasteiger partial charge in [-0.3, -0.25) is 14.9 Å². The Morgan fingerprint density at radius 1 is 1.45 bits per heavy atom. The third kappa shape index (κ3) is 4.18. The number of amides is 4. The highest BCUT2D eigenvalue weighted by molar-refractivity contribution is 6.04. The van der Waals surface area contributed by atoms with Crippen molar-refractivity contribution in [2.75, 3.05) is 6.61 Å². The summed E-state index contributed by atoms with van der Waals surface area (Å²) in [6.45, 7) is 2.65. The number of aromatic nitrogens is 1. The molecule has 1 aliphatic heterocycles. The quantitative estimate of drug-likeness (QED) is 0.618. The Labute approximate surface area is 127 Å². The van der Waals surface area contributed by atoms with Crippen LogP contribution in [0.5, 0.6) is 5.88 Å². The predicted octanol–water partition coefficient (Wildman–Crippen LogP) is 0.0847. The maximum absolute atomic E-state index is 11.8. The highest BCUT2D eigenvalue weighted by Crippen LogP contribution is 2.13. The van der Waals surface area contributed by atoms with Crippen LogP contribution in [0.2, 0.25) is 0 Å². The third-order valence-corrected chi connectivity index (χ3v) is 3.13. The van der Waals surface area contributed by atoms with Gasteiger partial charge in [0.25, 0.3) is 5.91 Å². The van der Waals surface area contributed by atoms with Crippen LogP contribution < -0.4 is 20.7 Å². The van der Waals surface area contributed by atoms with Gasteiger partial charge < -0.3 is 15.4 Å². The highest BCUT2D eigenvalue weighted by atomic mass is 16.5. The molecule has 0 aromatic carbocycles. The highest BCUT2D eigenvalue weighted by Gasteiger charge is 2.29. The molecule has 0 spiro atoms. The summed E-state index contributed by atoms with van der Waals surface area (Å²) in [7, 11) is 0. The molecule has 1 saturated heterocycles. The molecule has 1 aromatic heterocycles. The second kappa shape index (κ2) is 7.39. The lowest BCUT2D eigenvalue weighted by molar-refractivity contribution is -0.122. The number of carbonyl (C=O) groups excluding carboxylic acids is 3. The van der Waals surface area contributed by atoms with Gasteiger partial charge in [0.2, 0.25) is 11.8 Å². The van der Waals surface area contributed by atoms with E-state index in [4.69, 9.17) is 4.74 Å². The lowest BCUT2D eigenvalue weighted by atomic mass is 10.1. The van der Waals surface area contributed by atoms with Crippen LogP contribution >= 0.6 is 0 Å². The van der Waals surface area contributed by atoms with Gasteiger partial charge in [-0.15, -0.1) is 0 Å². The number of ether oxygens (including phenoxy) is 1. The summed E-state index contributed by atoms with van der Waals surface area (Å²) in [5.74, 6) is -0.114. The van der Waals surface area contributed by atoms with Crippen molar-refractivity contribution in [1.82, 2.24) is 20.9 Å². The number of carbonyl (C=O) groups is 3. The molecule has 2 rings (SSSR count). The summed E-state index contributed by atoms with van der Waals surface area (Å²) < 4.78 is 5.37. The Balaban J connectivity index is 1.78. The van der Waals surface area contributed by atoms with E-state index in [0.717, 1.165) is 5.56 Å². The van der Waals surface area contributed by atoms with Gasteiger partial charge in [0.15, 0.2) is 0 Å². The summed E-state index contributed by atoms with van der Waals surface area (Å²) in [6.07, 6.45) is 2.02. The smallest absolute Gasteiger partial charge is 0.322 e. The van der Waals surface area contributed by atoms with E-state index in [1.165, 1.54) is 0 Å². The first-order chi connectivity index (χ1) is 10.6. The van der Waals surface area contributed by atoms with Crippen molar-refractivity contribution in [2.24, 2.45) is 0 Å². The largest absolute Gasteiger partial charge is 0.478 e. The molecule has 1 aromatic rings. The minimum Gasteiger partial charge on any atom is -0.478 e. The average Bonchev–Trinajstić information content (AvgIpc) is 2.82. The van der Waals surface area contributed by atoms with E-state index >= 15 is 0 Å². The minimum absolute atomic E-state index is 0.141. The number of hydrogen-bond acceptors (Lipinski definition) is 5. The summed E-state index contributed by atoms with van der Waals surface area (Å²) in [5, 5.41) is 7.32. The van der Waals surface area contributed by atoms with Gasteiger partial charge in [-0.2, -0.15) is 0 Å². The van der Waals surface area contributed by atoms with Crippen molar-refractivity contribution in [1.29, 1.82) is 0 Å². The fourth-order valence-corrected chi connectivity index (χ4v) is 2.05. The number of nitrogens with one attached hydrogen (secondary N) is 3. The molecule has 22 heavy (non-hydrogen) atoms. The van der Waals surface area contributed by atoms with Crippen molar-refractivity contribution >= 4 is 17.8 Å². The molecule has 8 heteroatoms. The summed E-state index contributed by atoms with van der Waals surface area (Å²) in [5.41, 5.74) is 0.782. The van der Waals surface area contributed by atoms with E-state index < -0.39 is 18.0 Å². The Morgan fingerprint density at radius 3 is 2.95 bits per heavy atom. The van der Waals surface area contributed by atoms with Gasteiger partial charge in [-0.1, -0.05) is 6.07 Å². The second-order valence-corrected chi connectivity index (χ2v) is 4.73. The van der Waals surface area contributed by atoms with Crippen molar-refractivity contribution in [2.45, 2.75) is 32.4 Å². The van der Waals surface area contributed by atoms with Crippen molar-refractivity contribution in [3.05, 3.63) is 23.9 Å². The van der Waals surface area contributed by atoms with Crippen LogP contribution in [0.3, 0.4) is 0 Å². The molecule has 1 fully saturated rings. The SMILES string of the molecule is CCOc1ncccc1CNC(=O)CC[C@H]1NC(=O)NC1=O. The first-order valence-corrected chi connectivity index (χ1v) is 7.05. The first kappa shape index (κ1) is 15.7. The number of rotatable bonds is 7. The maximum Gasteiger partial charge on any atom is 0.322 e. The molecule has 1 atom stereocenters. The van der Waals surface area contributed by atoms with Crippen molar-refractivity contribution < 1.29 is 19.1 Å². The van der Waals surface area contributed by atoms with E-state index in [1.807, 2.05) is 13.0 Å². The van der Waals surface area contributed by atoms with Crippen LogP contribution in [0.1, 0.15) is 25.3 Å². The van der Waals surface area contributed by atoms with Crippen LogP contribution in [0.4, 0.5) is 4.79 Å². The van der Waals surface area contributed by atoms with E-state index in [9.17, 15) is 14.4 Å². The maximum atomic E-state index is 11.8. The molecule has 3 N–H and O–H groups in total. The standard InChI is InChI=1S/C14H18N4O4/c1-2-22-13-9(4-3-7-15-13)8-16-11(19)6-5-10-12(20)18-14(21)17-10/h3-4,7,10H,2,5-6,8H2,1H3,(H,16,19)(H2,17,18,20,21)/t10-/m1/s1. The van der Waals surface area contributed by atoms with Gasteiger partial charge in [0, 0.05) is 24.7 Å². The van der Waals surface area contributed by atoms with Gasteiger partial charge in [0.1, 0.15) is 6.04 Å². The van der Waals surface area contributed by atoms with Crippen LogP contribution in [0, 0.1) is 0 Å². The first-order valence-electron chi connectivity index (χ1n) is 7.05. The molecular weight excluding hydrogens is 288 g/mol. The predicted molar refractivity (Wildman–Crippen MR) is 76.9 cm³/mol. The fraction of sp³-hybridized carbons (Fsp3) is 0.429. The third-order valence-electron chi connectivity index (χ3n) is 3.13. The van der Waals surface area contributed by atoms with Gasteiger partial charge in [0.05, 0.1) is 6.61 Å². The van der Waals surface area contributed by atoms with Crippen molar-refractivity contribution in [3.63, 3.8) is 0 Å². The monoisotopic (exact) mass is 306 g/mol. The van der Waals surface area contributed by atoms with E-state index in [-0.39, 0.29) is 18.7 Å². The van der Waals surface area contributed by atoms with Gasteiger partial charge in [-0.25, -0.2) is 9.78 Å². The Hall–Kier alpha value is -2.64. The molecule has 0 unspecified atom stereocenters. The Bertz CT molecular complexity index is 576. The molecule has 0 radical (unpaired) electrons. The number of urea groups is 1. The Kier molecular flexibility index (Phi) is 5.29. The van der Waals surface area contributed by atoms with Crippen LogP contribution in [0.25, 0.3) is 0 Å². The number of pyridine rings is 1. The van der Waals surface area contributed by atoms with E-state index in [1.54, 1.807) is 12.3 Å². The van der Waals surface area contributed by atoms with Crippen LogP contribution in [0.15, 0.2) is 18.3 Å². The number of nitrogens with zero attached hydrogens (tertiary/aromatic N) is 1. The Morgan fingerprint density at radius 2 is 2.27 bits per heavy atom. The summed E-state index contributed by atoms with van der Waals surface area (Å²) in [6, 6.07) is 2.42. The molecule has 0 bridgehead atoms. The average molecular weight is 306 g/mol. The van der Waals surface area contributed by atoms with E-state index in [2.05, 4.69) is 20.9 Å². The second-order valence-electron chi connectivity index (χ2n) is 4.73. The zero-order chi connectivity index (χ0) is 15.9. The van der Waals surface area contributed by atoms with E-state index in [0.29, 0.717) is 19.0 Å². The molecule has 1 aliphatic rings. The molecular formula is C14H18N4O4. The number of imide groups is 1. The molecule has 0 saturated carbocycles. The van der Waals surface area contributed by atoms with Gasteiger partial charge in [-0.05, 0) is 19.4 Å². The molecule has 118 valence electrons. The molecule has 0 aliphatic carbocycles. The van der Waals surface area contributed by atoms with Gasteiger partial charge >= 0.3 is 6.03 Å². The zero-order valence-electron chi connectivity index (χ0n) is 12.2. The van der Waals surface area contributed by atoms with Crippen LogP contribution in [-0.2, 0) is 16.1 Å². The molecule has 8 nitrogen and oxygen atoms in total. The van der Waals surface area contributed by atoms with Crippen molar-refractivity contribution in [3.8, 4) is 5.88 Å².